The quantitative estimate of drug-likeness (QED) is 0.506. The van der Waals surface area contributed by atoms with Gasteiger partial charge in [0.15, 0.2) is 23.1 Å². The third kappa shape index (κ3) is 4.87. The Morgan fingerprint density at radius 3 is 2.52 bits per heavy atom. The van der Waals surface area contributed by atoms with E-state index < -0.39 is 15.8 Å². The van der Waals surface area contributed by atoms with Crippen LogP contribution in [0.2, 0.25) is 0 Å². The van der Waals surface area contributed by atoms with Crippen molar-refractivity contribution in [2.24, 2.45) is 0 Å². The highest BCUT2D eigenvalue weighted by Gasteiger charge is 2.31. The van der Waals surface area contributed by atoms with E-state index >= 15 is 0 Å². The predicted molar refractivity (Wildman–Crippen MR) is 108 cm³/mol. The number of carbonyl (C=O) groups is 2. The highest BCUT2D eigenvalue weighted by atomic mass is 32.2. The number of rotatable bonds is 7. The molecule has 0 aliphatic carbocycles. The van der Waals surface area contributed by atoms with Gasteiger partial charge in [-0.15, -0.1) is 0 Å². The lowest BCUT2D eigenvalue weighted by Gasteiger charge is -2.16. The summed E-state index contributed by atoms with van der Waals surface area (Å²) in [5.74, 6) is -0.115. The fraction of sp³-hybridized carbons (Fsp3) is 0.429. The molecule has 1 unspecified atom stereocenters. The number of ketones is 1. The van der Waals surface area contributed by atoms with Crippen LogP contribution >= 0.6 is 0 Å². The van der Waals surface area contributed by atoms with E-state index in [1.54, 1.807) is 19.1 Å². The van der Waals surface area contributed by atoms with E-state index in [0.717, 1.165) is 11.3 Å². The fourth-order valence-electron chi connectivity index (χ4n) is 3.72. The summed E-state index contributed by atoms with van der Waals surface area (Å²) < 4.78 is 36.0. The van der Waals surface area contributed by atoms with Gasteiger partial charge in [0.2, 0.25) is 5.78 Å². The number of hydrogen-bond donors (Lipinski definition) is 0. The highest BCUT2D eigenvalue weighted by Crippen LogP contribution is 2.29. The molecule has 1 aromatic carbocycles. The number of benzene rings is 1. The third-order valence-corrected chi connectivity index (χ3v) is 6.91. The summed E-state index contributed by atoms with van der Waals surface area (Å²) >= 11 is 0. The van der Waals surface area contributed by atoms with Gasteiger partial charge in [0.25, 0.3) is 0 Å². The first-order valence-corrected chi connectivity index (χ1v) is 11.3. The number of nitrogens with zero attached hydrogens (tertiary/aromatic N) is 1. The molecule has 7 nitrogen and oxygen atoms in total. The van der Waals surface area contributed by atoms with Gasteiger partial charge in [-0.1, -0.05) is 18.2 Å². The van der Waals surface area contributed by atoms with Crippen LogP contribution in [0.5, 0.6) is 5.75 Å². The van der Waals surface area contributed by atoms with E-state index in [9.17, 15) is 18.0 Å². The molecule has 1 aromatic heterocycles. The molecular weight excluding hydrogens is 394 g/mol. The zero-order valence-electron chi connectivity index (χ0n) is 16.8. The van der Waals surface area contributed by atoms with Crippen LogP contribution in [0.4, 0.5) is 0 Å². The number of para-hydroxylation sites is 1. The van der Waals surface area contributed by atoms with Crippen molar-refractivity contribution in [3.8, 4) is 5.75 Å². The average Bonchev–Trinajstić information content (AvgIpc) is 3.17. The molecule has 1 fully saturated rings. The zero-order chi connectivity index (χ0) is 21.2. The van der Waals surface area contributed by atoms with E-state index in [2.05, 4.69) is 0 Å². The molecule has 1 atom stereocenters. The Morgan fingerprint density at radius 1 is 1.14 bits per heavy atom. The Morgan fingerprint density at radius 2 is 1.86 bits per heavy atom. The van der Waals surface area contributed by atoms with Gasteiger partial charge < -0.3 is 14.0 Å². The van der Waals surface area contributed by atoms with Crippen LogP contribution in [-0.2, 0) is 19.4 Å². The zero-order valence-corrected chi connectivity index (χ0v) is 17.6. The summed E-state index contributed by atoms with van der Waals surface area (Å²) in [6.07, 6.45) is 0.539. The Bertz CT molecular complexity index is 1040. The third-order valence-electron chi connectivity index (χ3n) is 5.16. The first kappa shape index (κ1) is 21.1. The van der Waals surface area contributed by atoms with E-state index in [1.807, 2.05) is 36.6 Å². The van der Waals surface area contributed by atoms with Crippen LogP contribution in [-0.4, -0.2) is 49.5 Å². The average molecular weight is 419 g/mol. The molecule has 2 heterocycles. The van der Waals surface area contributed by atoms with Crippen LogP contribution in [0.1, 0.15) is 39.8 Å². The van der Waals surface area contributed by atoms with Crippen molar-refractivity contribution in [2.75, 3.05) is 24.7 Å². The molecule has 0 saturated carbocycles. The molecule has 156 valence electrons. The van der Waals surface area contributed by atoms with Crippen LogP contribution in [0, 0.1) is 20.8 Å². The molecule has 1 saturated heterocycles. The maximum Gasteiger partial charge on any atom is 0.344 e. The second kappa shape index (κ2) is 8.41. The van der Waals surface area contributed by atoms with Crippen molar-refractivity contribution >= 4 is 21.6 Å². The molecule has 29 heavy (non-hydrogen) atoms. The first-order chi connectivity index (χ1) is 13.7. The monoisotopic (exact) mass is 419 g/mol. The molecular formula is C21H25NO6S. The lowest BCUT2D eigenvalue weighted by molar-refractivity contribution is -0.144. The van der Waals surface area contributed by atoms with Gasteiger partial charge in [-0.2, -0.15) is 0 Å². The molecule has 0 N–H and O–H groups in total. The van der Waals surface area contributed by atoms with Gasteiger partial charge in [0, 0.05) is 23.0 Å². The Kier molecular flexibility index (Phi) is 6.12. The number of carbonyl (C=O) groups excluding carboxylic acids is 2. The maximum absolute atomic E-state index is 12.6. The fourth-order valence-corrected chi connectivity index (χ4v) is 5.42. The van der Waals surface area contributed by atoms with E-state index in [1.165, 1.54) is 0 Å². The highest BCUT2D eigenvalue weighted by molar-refractivity contribution is 7.91. The number of ether oxygens (including phenoxy) is 2. The van der Waals surface area contributed by atoms with E-state index in [-0.39, 0.29) is 36.5 Å². The second-order valence-electron chi connectivity index (χ2n) is 7.35. The number of Topliss-reactive ketones (excluding diaryl/α,β-unsaturated/α-hetero) is 1. The van der Waals surface area contributed by atoms with Gasteiger partial charge >= 0.3 is 5.97 Å². The summed E-state index contributed by atoms with van der Waals surface area (Å²) in [7, 11) is -3.03. The Balaban J connectivity index is 1.59. The van der Waals surface area contributed by atoms with E-state index in [4.69, 9.17) is 9.47 Å². The predicted octanol–water partition coefficient (Wildman–Crippen LogP) is 2.58. The van der Waals surface area contributed by atoms with Crippen molar-refractivity contribution in [1.82, 2.24) is 4.57 Å². The first-order valence-electron chi connectivity index (χ1n) is 9.44. The van der Waals surface area contributed by atoms with Gasteiger partial charge in [-0.25, -0.2) is 13.2 Å². The number of aryl methyl sites for hydroxylation is 2. The summed E-state index contributed by atoms with van der Waals surface area (Å²) in [5, 5.41) is 0. The molecule has 0 bridgehead atoms. The second-order valence-corrected chi connectivity index (χ2v) is 9.58. The lowest BCUT2D eigenvalue weighted by Crippen LogP contribution is -2.20. The van der Waals surface area contributed by atoms with Crippen molar-refractivity contribution < 1.29 is 27.5 Å². The molecule has 1 aliphatic rings. The SMILES string of the molecule is Cc1ccccc1OCC(=O)OCC(=O)c1cc(C)n(C2CCS(=O)(=O)C2)c1C. The normalized spacial score (nSPS) is 17.8. The van der Waals surface area contributed by atoms with Crippen LogP contribution in [0.3, 0.4) is 0 Å². The van der Waals surface area contributed by atoms with Gasteiger partial charge in [0.1, 0.15) is 5.75 Å². The van der Waals surface area contributed by atoms with Gasteiger partial charge in [0.05, 0.1) is 11.5 Å². The smallest absolute Gasteiger partial charge is 0.344 e. The topological polar surface area (TPSA) is 91.7 Å². The number of aromatic nitrogens is 1. The van der Waals surface area contributed by atoms with Crippen LogP contribution in [0.15, 0.2) is 30.3 Å². The van der Waals surface area contributed by atoms with Crippen LogP contribution < -0.4 is 4.74 Å². The molecule has 1 aliphatic heterocycles. The van der Waals surface area contributed by atoms with E-state index in [0.29, 0.717) is 23.4 Å². The van der Waals surface area contributed by atoms with Crippen molar-refractivity contribution in [3.63, 3.8) is 0 Å². The minimum atomic E-state index is -3.03. The molecule has 0 radical (unpaired) electrons. The Hall–Kier alpha value is -2.61. The molecule has 3 rings (SSSR count). The number of sulfone groups is 1. The summed E-state index contributed by atoms with van der Waals surface area (Å²) in [4.78, 5) is 24.5. The minimum Gasteiger partial charge on any atom is -0.482 e. The summed E-state index contributed by atoms with van der Waals surface area (Å²) in [6, 6.07) is 8.87. The minimum absolute atomic E-state index is 0.0855. The molecule has 0 spiro atoms. The molecule has 8 heteroatoms. The van der Waals surface area contributed by atoms with Crippen molar-refractivity contribution in [2.45, 2.75) is 33.2 Å². The molecule has 0 amide bonds. The molecule has 2 aromatic rings. The summed E-state index contributed by atoms with van der Waals surface area (Å²) in [5.41, 5.74) is 2.86. The number of esters is 1. The Labute approximate surface area is 170 Å². The lowest BCUT2D eigenvalue weighted by atomic mass is 10.1. The van der Waals surface area contributed by atoms with Crippen LogP contribution in [0.25, 0.3) is 0 Å². The van der Waals surface area contributed by atoms with Gasteiger partial charge in [-0.05, 0) is 44.9 Å². The van der Waals surface area contributed by atoms with Gasteiger partial charge in [-0.3, -0.25) is 4.79 Å². The summed E-state index contributed by atoms with van der Waals surface area (Å²) in [6.45, 7) is 4.83. The number of hydrogen-bond acceptors (Lipinski definition) is 6. The largest absolute Gasteiger partial charge is 0.482 e. The standard InChI is InChI=1S/C21H25NO6S/c1-14-6-4-5-7-20(14)27-12-21(24)28-11-19(23)18-10-15(2)22(16(18)3)17-8-9-29(25,26)13-17/h4-7,10,17H,8-9,11-13H2,1-3H3. The van der Waals surface area contributed by atoms with Crippen molar-refractivity contribution in [3.05, 3.63) is 52.8 Å². The maximum atomic E-state index is 12.6. The van der Waals surface area contributed by atoms with Crippen molar-refractivity contribution in [1.29, 1.82) is 0 Å².